The molecular weight excluding hydrogens is 240 g/mol. The fraction of sp³-hybridized carbons (Fsp3) is 0.933. The maximum Gasteiger partial charge on any atom is 0.309 e. The highest BCUT2D eigenvalue weighted by atomic mass is 16.5. The van der Waals surface area contributed by atoms with Crippen molar-refractivity contribution < 1.29 is 9.53 Å². The highest BCUT2D eigenvalue weighted by Gasteiger charge is 2.14. The molecule has 0 amide bonds. The topological polar surface area (TPSA) is 41.6 Å². The van der Waals surface area contributed by atoms with Crippen LogP contribution in [0.2, 0.25) is 0 Å². The van der Waals surface area contributed by atoms with Crippen molar-refractivity contribution in [3.05, 3.63) is 0 Å². The lowest BCUT2D eigenvalue weighted by atomic mass is 10.1. The Hall–Kier alpha value is -0.610. The number of hydrogen-bond donors (Lipinski definition) is 1. The van der Waals surface area contributed by atoms with Gasteiger partial charge in [-0.1, -0.05) is 20.8 Å². The third kappa shape index (κ3) is 9.00. The molecule has 0 aromatic rings. The second-order valence-electron chi connectivity index (χ2n) is 5.13. The van der Waals surface area contributed by atoms with Gasteiger partial charge >= 0.3 is 5.97 Å². The van der Waals surface area contributed by atoms with Gasteiger partial charge in [0.2, 0.25) is 0 Å². The summed E-state index contributed by atoms with van der Waals surface area (Å²) in [7, 11) is 0. The summed E-state index contributed by atoms with van der Waals surface area (Å²) >= 11 is 0. The van der Waals surface area contributed by atoms with Gasteiger partial charge in [-0.05, 0) is 46.3 Å². The summed E-state index contributed by atoms with van der Waals surface area (Å²) in [6.45, 7) is 14.9. The second-order valence-corrected chi connectivity index (χ2v) is 5.13. The zero-order valence-corrected chi connectivity index (χ0v) is 13.4. The summed E-state index contributed by atoms with van der Waals surface area (Å²) < 4.78 is 4.99. The SMILES string of the molecule is CCOC(=O)C(C)CNC(C)CCCN(CC)CC. The van der Waals surface area contributed by atoms with E-state index < -0.39 is 0 Å². The van der Waals surface area contributed by atoms with Gasteiger partial charge < -0.3 is 15.0 Å². The Balaban J connectivity index is 3.69. The lowest BCUT2D eigenvalue weighted by molar-refractivity contribution is -0.147. The van der Waals surface area contributed by atoms with Gasteiger partial charge in [0.05, 0.1) is 12.5 Å². The van der Waals surface area contributed by atoms with E-state index in [2.05, 4.69) is 31.0 Å². The molecule has 0 spiro atoms. The molecule has 0 aliphatic heterocycles. The monoisotopic (exact) mass is 272 g/mol. The summed E-state index contributed by atoms with van der Waals surface area (Å²) in [6, 6.07) is 0.451. The number of rotatable bonds is 11. The van der Waals surface area contributed by atoms with E-state index in [0.29, 0.717) is 19.2 Å². The van der Waals surface area contributed by atoms with Crippen LogP contribution in [0, 0.1) is 5.92 Å². The third-order valence-electron chi connectivity index (χ3n) is 3.47. The first-order valence-electron chi connectivity index (χ1n) is 7.67. The van der Waals surface area contributed by atoms with Crippen LogP contribution in [0.3, 0.4) is 0 Å². The fourth-order valence-electron chi connectivity index (χ4n) is 2.01. The first-order chi connectivity index (χ1) is 9.04. The average Bonchev–Trinajstić information content (AvgIpc) is 2.41. The Morgan fingerprint density at radius 3 is 2.37 bits per heavy atom. The molecule has 0 aromatic heterocycles. The van der Waals surface area contributed by atoms with Crippen LogP contribution in [0.5, 0.6) is 0 Å². The quantitative estimate of drug-likeness (QED) is 0.586. The standard InChI is InChI=1S/C15H32N2O2/c1-6-17(7-2)11-9-10-14(5)16-12-13(4)15(18)19-8-3/h13-14,16H,6-12H2,1-5H3. The molecule has 19 heavy (non-hydrogen) atoms. The Morgan fingerprint density at radius 1 is 1.21 bits per heavy atom. The number of hydrogen-bond acceptors (Lipinski definition) is 4. The molecule has 0 bridgehead atoms. The van der Waals surface area contributed by atoms with E-state index in [-0.39, 0.29) is 11.9 Å². The normalized spacial score (nSPS) is 14.4. The van der Waals surface area contributed by atoms with Crippen LogP contribution in [0.15, 0.2) is 0 Å². The van der Waals surface area contributed by atoms with Crippen LogP contribution in [0.25, 0.3) is 0 Å². The van der Waals surface area contributed by atoms with Gasteiger partial charge in [-0.3, -0.25) is 4.79 Å². The van der Waals surface area contributed by atoms with Gasteiger partial charge in [0.15, 0.2) is 0 Å². The maximum atomic E-state index is 11.5. The second kappa shape index (κ2) is 11.2. The van der Waals surface area contributed by atoms with Crippen LogP contribution in [0.4, 0.5) is 0 Å². The number of carbonyl (C=O) groups excluding carboxylic acids is 1. The summed E-state index contributed by atoms with van der Waals surface area (Å²) in [4.78, 5) is 13.9. The molecule has 0 aromatic carbocycles. The van der Waals surface area contributed by atoms with Crippen molar-refractivity contribution in [2.24, 2.45) is 5.92 Å². The molecule has 0 aliphatic carbocycles. The summed E-state index contributed by atoms with van der Waals surface area (Å²) in [6.07, 6.45) is 2.34. The van der Waals surface area contributed by atoms with Gasteiger partial charge in [0.1, 0.15) is 0 Å². The maximum absolute atomic E-state index is 11.5. The Kier molecular flexibility index (Phi) is 10.9. The smallest absolute Gasteiger partial charge is 0.309 e. The minimum atomic E-state index is -0.106. The van der Waals surface area contributed by atoms with Gasteiger partial charge in [-0.15, -0.1) is 0 Å². The minimum absolute atomic E-state index is 0.0646. The van der Waals surface area contributed by atoms with Crippen LogP contribution >= 0.6 is 0 Å². The fourth-order valence-corrected chi connectivity index (χ4v) is 2.01. The highest BCUT2D eigenvalue weighted by Crippen LogP contribution is 2.02. The molecule has 0 fully saturated rings. The van der Waals surface area contributed by atoms with E-state index in [4.69, 9.17) is 4.74 Å². The predicted molar refractivity (Wildman–Crippen MR) is 80.3 cm³/mol. The first-order valence-corrected chi connectivity index (χ1v) is 7.67. The van der Waals surface area contributed by atoms with Crippen LogP contribution in [-0.2, 0) is 9.53 Å². The van der Waals surface area contributed by atoms with Gasteiger partial charge in [-0.2, -0.15) is 0 Å². The van der Waals surface area contributed by atoms with Gasteiger partial charge in [0, 0.05) is 12.6 Å². The molecule has 0 rings (SSSR count). The largest absolute Gasteiger partial charge is 0.466 e. The Labute approximate surface area is 118 Å². The van der Waals surface area contributed by atoms with E-state index in [0.717, 1.165) is 26.1 Å². The number of esters is 1. The molecule has 0 heterocycles. The molecule has 1 N–H and O–H groups in total. The van der Waals surface area contributed by atoms with Crippen molar-refractivity contribution in [2.45, 2.75) is 53.5 Å². The predicted octanol–water partition coefficient (Wildman–Crippen LogP) is 2.29. The van der Waals surface area contributed by atoms with Crippen LogP contribution in [-0.4, -0.2) is 49.7 Å². The molecule has 0 saturated heterocycles. The summed E-state index contributed by atoms with van der Waals surface area (Å²) in [5.41, 5.74) is 0. The van der Waals surface area contributed by atoms with E-state index >= 15 is 0 Å². The summed E-state index contributed by atoms with van der Waals surface area (Å²) in [5.74, 6) is -0.171. The van der Waals surface area contributed by atoms with Gasteiger partial charge in [-0.25, -0.2) is 0 Å². The molecule has 0 radical (unpaired) electrons. The zero-order chi connectivity index (χ0) is 14.7. The van der Waals surface area contributed by atoms with Crippen LogP contribution in [0.1, 0.15) is 47.5 Å². The molecule has 4 heteroatoms. The average molecular weight is 272 g/mol. The first kappa shape index (κ1) is 18.4. The van der Waals surface area contributed by atoms with Crippen molar-refractivity contribution in [3.63, 3.8) is 0 Å². The van der Waals surface area contributed by atoms with Crippen LogP contribution < -0.4 is 5.32 Å². The lowest BCUT2D eigenvalue weighted by Crippen LogP contribution is -2.34. The molecule has 114 valence electrons. The molecule has 0 saturated carbocycles. The van der Waals surface area contributed by atoms with Crippen molar-refractivity contribution in [1.29, 1.82) is 0 Å². The van der Waals surface area contributed by atoms with E-state index in [9.17, 15) is 4.79 Å². The van der Waals surface area contributed by atoms with Crippen molar-refractivity contribution >= 4 is 5.97 Å². The molecule has 0 aliphatic rings. The number of nitrogens with zero attached hydrogens (tertiary/aromatic N) is 1. The Bertz CT molecular complexity index is 230. The van der Waals surface area contributed by atoms with E-state index in [1.165, 1.54) is 6.42 Å². The molecule has 2 atom stereocenters. The number of carbonyl (C=O) groups is 1. The third-order valence-corrected chi connectivity index (χ3v) is 3.47. The van der Waals surface area contributed by atoms with Crippen molar-refractivity contribution in [3.8, 4) is 0 Å². The van der Waals surface area contributed by atoms with Crippen molar-refractivity contribution in [1.82, 2.24) is 10.2 Å². The lowest BCUT2D eigenvalue weighted by Gasteiger charge is -2.20. The Morgan fingerprint density at radius 2 is 1.84 bits per heavy atom. The number of ether oxygens (including phenoxy) is 1. The zero-order valence-electron chi connectivity index (χ0n) is 13.4. The van der Waals surface area contributed by atoms with E-state index in [1.807, 2.05) is 13.8 Å². The highest BCUT2D eigenvalue weighted by molar-refractivity contribution is 5.72. The van der Waals surface area contributed by atoms with E-state index in [1.54, 1.807) is 0 Å². The molecular formula is C15H32N2O2. The number of nitrogens with one attached hydrogen (secondary N) is 1. The van der Waals surface area contributed by atoms with Crippen molar-refractivity contribution in [2.75, 3.05) is 32.8 Å². The summed E-state index contributed by atoms with van der Waals surface area (Å²) in [5, 5.41) is 3.41. The molecule has 2 unspecified atom stereocenters. The van der Waals surface area contributed by atoms with Gasteiger partial charge in [0.25, 0.3) is 0 Å². The minimum Gasteiger partial charge on any atom is -0.466 e. The molecule has 4 nitrogen and oxygen atoms in total.